The van der Waals surface area contributed by atoms with Gasteiger partial charge in [-0.15, -0.1) is 0 Å². The molecule has 0 saturated heterocycles. The van der Waals surface area contributed by atoms with Gasteiger partial charge in [-0.25, -0.2) is 4.98 Å². The van der Waals surface area contributed by atoms with Gasteiger partial charge in [0.2, 0.25) is 0 Å². The third-order valence-corrected chi connectivity index (χ3v) is 6.12. The van der Waals surface area contributed by atoms with Crippen LogP contribution in [-0.4, -0.2) is 14.5 Å². The zero-order valence-corrected chi connectivity index (χ0v) is 18.9. The molecule has 0 aliphatic carbocycles. The normalized spacial score (nSPS) is 11.5. The number of nitro groups is 1. The Hall–Kier alpha value is -4.77. The summed E-state index contributed by atoms with van der Waals surface area (Å²) in [5, 5.41) is 10.9. The molecule has 0 spiro atoms. The molecule has 5 aromatic rings. The van der Waals surface area contributed by atoms with Gasteiger partial charge in [-0.2, -0.15) is 0 Å². The van der Waals surface area contributed by atoms with Crippen molar-refractivity contribution in [1.82, 2.24) is 9.55 Å². The summed E-state index contributed by atoms with van der Waals surface area (Å²) in [7, 11) is 0. The van der Waals surface area contributed by atoms with E-state index in [1.54, 1.807) is 12.1 Å². The van der Waals surface area contributed by atoms with E-state index in [1.807, 2.05) is 42.9 Å². The van der Waals surface area contributed by atoms with Crippen LogP contribution in [0.5, 0.6) is 0 Å². The lowest BCUT2D eigenvalue weighted by Crippen LogP contribution is -2.36. The molecule has 0 fully saturated rings. The maximum absolute atomic E-state index is 10.9. The van der Waals surface area contributed by atoms with Gasteiger partial charge in [-0.3, -0.25) is 10.1 Å². The highest BCUT2D eigenvalue weighted by molar-refractivity contribution is 5.68. The Bertz CT molecular complexity index is 1350. The van der Waals surface area contributed by atoms with E-state index < -0.39 is 10.5 Å². The molecule has 0 N–H and O–H groups in total. The fourth-order valence-corrected chi connectivity index (χ4v) is 4.48. The molecule has 1 aromatic heterocycles. The minimum Gasteiger partial charge on any atom is -0.318 e. The maximum atomic E-state index is 10.9. The molecule has 0 saturated carbocycles. The molecule has 35 heavy (non-hydrogen) atoms. The molecule has 0 unspecified atom stereocenters. The van der Waals surface area contributed by atoms with Crippen molar-refractivity contribution in [2.24, 2.45) is 0 Å². The summed E-state index contributed by atoms with van der Waals surface area (Å²) in [6.07, 6.45) is 7.73. The SMILES string of the molecule is O=[N+]([O-])c1ccc(/C=C/c2cn(C(c3ccccc3)(c3ccccc3)c3ccccc3)cn2)cc1. The molecule has 170 valence electrons. The molecule has 4 aromatic carbocycles. The van der Waals surface area contributed by atoms with Crippen molar-refractivity contribution in [3.05, 3.63) is 166 Å². The van der Waals surface area contributed by atoms with Crippen LogP contribution in [-0.2, 0) is 5.54 Å². The van der Waals surface area contributed by atoms with E-state index >= 15 is 0 Å². The van der Waals surface area contributed by atoms with Crippen LogP contribution < -0.4 is 0 Å². The number of nitrogens with zero attached hydrogens (tertiary/aromatic N) is 3. The fraction of sp³-hybridized carbons (Fsp3) is 0.0333. The second kappa shape index (κ2) is 9.61. The van der Waals surface area contributed by atoms with Gasteiger partial charge >= 0.3 is 0 Å². The van der Waals surface area contributed by atoms with Crippen molar-refractivity contribution >= 4 is 17.8 Å². The van der Waals surface area contributed by atoms with Gasteiger partial charge in [0.1, 0.15) is 5.54 Å². The number of rotatable bonds is 7. The van der Waals surface area contributed by atoms with E-state index in [4.69, 9.17) is 0 Å². The number of hydrogen-bond donors (Lipinski definition) is 0. The Morgan fingerprint density at radius 1 is 0.686 bits per heavy atom. The first-order chi connectivity index (χ1) is 17.2. The molecule has 0 radical (unpaired) electrons. The lowest BCUT2D eigenvalue weighted by Gasteiger charge is -2.37. The Balaban J connectivity index is 1.63. The highest BCUT2D eigenvalue weighted by Gasteiger charge is 2.38. The van der Waals surface area contributed by atoms with Crippen LogP contribution in [0.4, 0.5) is 5.69 Å². The van der Waals surface area contributed by atoms with Crippen molar-refractivity contribution in [3.63, 3.8) is 0 Å². The third-order valence-electron chi connectivity index (χ3n) is 6.12. The van der Waals surface area contributed by atoms with E-state index in [1.165, 1.54) is 12.1 Å². The van der Waals surface area contributed by atoms with E-state index in [-0.39, 0.29) is 5.69 Å². The van der Waals surface area contributed by atoms with E-state index in [0.717, 1.165) is 27.9 Å². The van der Waals surface area contributed by atoms with Crippen LogP contribution in [0.15, 0.2) is 128 Å². The summed E-state index contributed by atoms with van der Waals surface area (Å²) in [6.45, 7) is 0. The number of non-ortho nitro benzene ring substituents is 1. The number of hydrogen-bond acceptors (Lipinski definition) is 3. The second-order valence-corrected chi connectivity index (χ2v) is 8.20. The molecule has 0 aliphatic rings. The molecule has 0 atom stereocenters. The Morgan fingerprint density at radius 3 is 1.63 bits per heavy atom. The lowest BCUT2D eigenvalue weighted by molar-refractivity contribution is -0.384. The van der Waals surface area contributed by atoms with Gasteiger partial charge in [0.15, 0.2) is 0 Å². The van der Waals surface area contributed by atoms with Crippen molar-refractivity contribution in [1.29, 1.82) is 0 Å². The van der Waals surface area contributed by atoms with Gasteiger partial charge in [-0.05, 0) is 40.5 Å². The monoisotopic (exact) mass is 457 g/mol. The molecule has 0 amide bonds. The van der Waals surface area contributed by atoms with E-state index in [2.05, 4.69) is 82.3 Å². The zero-order valence-electron chi connectivity index (χ0n) is 18.9. The predicted octanol–water partition coefficient (Wildman–Crippen LogP) is 6.80. The highest BCUT2D eigenvalue weighted by Crippen LogP contribution is 2.40. The van der Waals surface area contributed by atoms with Gasteiger partial charge in [0.05, 0.1) is 16.9 Å². The van der Waals surface area contributed by atoms with Crippen LogP contribution in [0.25, 0.3) is 12.2 Å². The first-order valence-corrected chi connectivity index (χ1v) is 11.3. The highest BCUT2D eigenvalue weighted by atomic mass is 16.6. The summed E-state index contributed by atoms with van der Waals surface area (Å²) in [5.74, 6) is 0. The summed E-state index contributed by atoms with van der Waals surface area (Å²) >= 11 is 0. The zero-order chi connectivity index (χ0) is 24.1. The van der Waals surface area contributed by atoms with Crippen LogP contribution in [0, 0.1) is 10.1 Å². The molecule has 1 heterocycles. The molecular weight excluding hydrogens is 434 g/mol. The van der Waals surface area contributed by atoms with Crippen molar-refractivity contribution in [2.45, 2.75) is 5.54 Å². The molecule has 0 aliphatic heterocycles. The molecule has 5 rings (SSSR count). The minimum absolute atomic E-state index is 0.0739. The van der Waals surface area contributed by atoms with Crippen LogP contribution in [0.1, 0.15) is 27.9 Å². The van der Waals surface area contributed by atoms with Gasteiger partial charge in [0.25, 0.3) is 5.69 Å². The summed E-state index contributed by atoms with van der Waals surface area (Å²) in [4.78, 5) is 15.2. The average molecular weight is 458 g/mol. The van der Waals surface area contributed by atoms with E-state index in [9.17, 15) is 10.1 Å². The molecule has 5 nitrogen and oxygen atoms in total. The number of aromatic nitrogens is 2. The first-order valence-electron chi connectivity index (χ1n) is 11.3. The molecule has 5 heteroatoms. The van der Waals surface area contributed by atoms with Crippen molar-refractivity contribution < 1.29 is 4.92 Å². The third kappa shape index (κ3) is 4.27. The Labute approximate surface area is 203 Å². The van der Waals surface area contributed by atoms with Crippen LogP contribution in [0.2, 0.25) is 0 Å². The summed E-state index contributed by atoms with van der Waals surface area (Å²) in [5.41, 5.74) is 4.49. The maximum Gasteiger partial charge on any atom is 0.269 e. The minimum atomic E-state index is -0.615. The Kier molecular flexibility index (Phi) is 6.05. The Morgan fingerprint density at radius 2 is 1.17 bits per heavy atom. The van der Waals surface area contributed by atoms with Crippen LogP contribution in [0.3, 0.4) is 0 Å². The van der Waals surface area contributed by atoms with Crippen LogP contribution >= 0.6 is 0 Å². The lowest BCUT2D eigenvalue weighted by atomic mass is 9.77. The second-order valence-electron chi connectivity index (χ2n) is 8.20. The van der Waals surface area contributed by atoms with Crippen molar-refractivity contribution in [3.8, 4) is 0 Å². The van der Waals surface area contributed by atoms with E-state index in [0.29, 0.717) is 0 Å². The number of imidazole rings is 1. The standard InChI is InChI=1S/C30H23N3O2/c34-33(35)29-20-17-24(18-21-29)16-19-28-22-32(23-31-28)30(25-10-4-1-5-11-25,26-12-6-2-7-13-26)27-14-8-3-9-15-27/h1-23H/b19-16+. The first kappa shape index (κ1) is 22.0. The summed E-state index contributed by atoms with van der Waals surface area (Å²) < 4.78 is 2.16. The fourth-order valence-electron chi connectivity index (χ4n) is 4.48. The topological polar surface area (TPSA) is 61.0 Å². The van der Waals surface area contributed by atoms with Crippen molar-refractivity contribution in [2.75, 3.05) is 0 Å². The molecular formula is C30H23N3O2. The summed E-state index contributed by atoms with van der Waals surface area (Å²) in [6, 6.07) is 37.8. The largest absolute Gasteiger partial charge is 0.318 e. The molecule has 0 bridgehead atoms. The van der Waals surface area contributed by atoms with Gasteiger partial charge < -0.3 is 4.57 Å². The quantitative estimate of drug-likeness (QED) is 0.153. The number of nitro benzene ring substituents is 1. The predicted molar refractivity (Wildman–Crippen MR) is 139 cm³/mol. The van der Waals surface area contributed by atoms with Gasteiger partial charge in [-0.1, -0.05) is 97.1 Å². The number of benzene rings is 4. The van der Waals surface area contributed by atoms with Gasteiger partial charge in [0, 0.05) is 18.3 Å². The average Bonchev–Trinajstić information content (AvgIpc) is 3.39. The smallest absolute Gasteiger partial charge is 0.269 e.